The number of Topliss-reactive ketones (excluding diaryl/α,β-unsaturated/α-hetero) is 1. The van der Waals surface area contributed by atoms with Crippen molar-refractivity contribution in [3.8, 4) is 0 Å². The smallest absolute Gasteiger partial charge is 0.412 e. The molecule has 0 fully saturated rings. The number of carbonyl (C=O) groups excluding carboxylic acids is 3. The van der Waals surface area contributed by atoms with Crippen LogP contribution >= 0.6 is 0 Å². The fourth-order valence-electron chi connectivity index (χ4n) is 3.48. The molecule has 0 atom stereocenters. The number of ketones is 1. The average molecular weight is 473 g/mol. The van der Waals surface area contributed by atoms with Gasteiger partial charge in [-0.1, -0.05) is 48.5 Å². The minimum absolute atomic E-state index is 0.116. The largest absolute Gasteiger partial charge is 0.450 e. The van der Waals surface area contributed by atoms with Gasteiger partial charge >= 0.3 is 12.1 Å². The van der Waals surface area contributed by atoms with Crippen molar-refractivity contribution < 1.29 is 23.9 Å². The summed E-state index contributed by atoms with van der Waals surface area (Å²) in [6.45, 7) is 1.01. The van der Waals surface area contributed by atoms with E-state index in [1.54, 1.807) is 61.8 Å². The summed E-state index contributed by atoms with van der Waals surface area (Å²) in [5, 5.41) is 4.02. The lowest BCUT2D eigenvalue weighted by Gasteiger charge is -2.21. The highest BCUT2D eigenvalue weighted by molar-refractivity contribution is 6.07. The lowest BCUT2D eigenvalue weighted by molar-refractivity contribution is 0.0184. The van der Waals surface area contributed by atoms with Crippen LogP contribution in [0.15, 0.2) is 79.1 Å². The molecule has 0 saturated carbocycles. The third-order valence-corrected chi connectivity index (χ3v) is 5.17. The first-order chi connectivity index (χ1) is 17.1. The zero-order valence-electron chi connectivity index (χ0n) is 19.1. The van der Waals surface area contributed by atoms with E-state index in [1.807, 2.05) is 24.3 Å². The van der Waals surface area contributed by atoms with Crippen molar-refractivity contribution in [3.63, 3.8) is 0 Å². The molecule has 0 unspecified atom stereocenters. The fourth-order valence-corrected chi connectivity index (χ4v) is 3.48. The van der Waals surface area contributed by atoms with Crippen LogP contribution in [0.5, 0.6) is 0 Å². The number of fused-ring (bicyclic) bond motifs is 1. The lowest BCUT2D eigenvalue weighted by Crippen LogP contribution is -2.38. The number of pyridine rings is 1. The van der Waals surface area contributed by atoms with Gasteiger partial charge in [-0.3, -0.25) is 14.7 Å². The summed E-state index contributed by atoms with van der Waals surface area (Å²) in [5.41, 5.74) is 2.62. The van der Waals surface area contributed by atoms with Crippen molar-refractivity contribution in [1.29, 1.82) is 0 Å². The molecule has 0 saturated heterocycles. The normalized spacial score (nSPS) is 10.5. The predicted molar refractivity (Wildman–Crippen MR) is 131 cm³/mol. The molecule has 0 aliphatic heterocycles. The van der Waals surface area contributed by atoms with Crippen molar-refractivity contribution in [1.82, 2.24) is 14.9 Å². The van der Waals surface area contributed by atoms with E-state index in [2.05, 4.69) is 15.3 Å². The van der Waals surface area contributed by atoms with Gasteiger partial charge in [-0.25, -0.2) is 9.59 Å². The van der Waals surface area contributed by atoms with Crippen LogP contribution in [0.25, 0.3) is 10.9 Å². The molecule has 2 aromatic carbocycles. The van der Waals surface area contributed by atoms with E-state index in [9.17, 15) is 14.4 Å². The number of nitrogens with one attached hydrogen (secondary N) is 2. The number of benzene rings is 2. The highest BCUT2D eigenvalue weighted by atomic mass is 16.6. The van der Waals surface area contributed by atoms with Gasteiger partial charge < -0.3 is 19.8 Å². The van der Waals surface area contributed by atoms with Crippen LogP contribution in [0.1, 0.15) is 27.8 Å². The molecule has 4 aromatic rings. The Balaban J connectivity index is 1.54. The summed E-state index contributed by atoms with van der Waals surface area (Å²) in [6, 6.07) is 19.5. The highest BCUT2D eigenvalue weighted by Crippen LogP contribution is 2.31. The van der Waals surface area contributed by atoms with Crippen molar-refractivity contribution in [3.05, 3.63) is 90.4 Å². The average Bonchev–Trinajstić information content (AvgIpc) is 3.26. The van der Waals surface area contributed by atoms with Gasteiger partial charge in [-0.05, 0) is 25.1 Å². The van der Waals surface area contributed by atoms with Gasteiger partial charge in [0.1, 0.15) is 5.69 Å². The maximum atomic E-state index is 13.1. The molecular weight excluding hydrogens is 448 g/mol. The standard InChI is InChI=1S/C26H24N4O5/c1-2-34-26(33)30(16-22(31)18-8-4-3-5-9-18)17-35-25(32)24-23(28-19-12-14-27-15-13-19)20-10-6-7-11-21(20)29-24/h3-15,29H,2,16-17H2,1H3,(H,27,28). The molecule has 9 heteroatoms. The Morgan fingerprint density at radius 2 is 1.66 bits per heavy atom. The zero-order chi connectivity index (χ0) is 24.6. The Kier molecular flexibility index (Phi) is 7.37. The number of hydrogen-bond acceptors (Lipinski definition) is 7. The molecule has 4 rings (SSSR count). The third kappa shape index (κ3) is 5.64. The second-order valence-electron chi connectivity index (χ2n) is 7.53. The molecule has 0 aliphatic carbocycles. The molecule has 0 bridgehead atoms. The quantitative estimate of drug-likeness (QED) is 0.205. The molecule has 1 amide bonds. The Morgan fingerprint density at radius 3 is 2.40 bits per heavy atom. The molecule has 0 aliphatic rings. The number of rotatable bonds is 9. The first-order valence-electron chi connectivity index (χ1n) is 11.0. The number of anilines is 2. The number of carbonyl (C=O) groups is 3. The topological polar surface area (TPSA) is 114 Å². The van der Waals surface area contributed by atoms with Crippen molar-refractivity contribution in [2.75, 3.05) is 25.2 Å². The van der Waals surface area contributed by atoms with Crippen molar-refractivity contribution in [2.45, 2.75) is 6.92 Å². The minimum atomic E-state index is -0.753. The van der Waals surface area contributed by atoms with Crippen molar-refractivity contribution in [2.24, 2.45) is 0 Å². The van der Waals surface area contributed by atoms with Gasteiger partial charge in [0.15, 0.2) is 12.5 Å². The minimum Gasteiger partial charge on any atom is -0.450 e. The van der Waals surface area contributed by atoms with Gasteiger partial charge in [0.25, 0.3) is 0 Å². The molecule has 2 aromatic heterocycles. The van der Waals surface area contributed by atoms with Crippen LogP contribution in [-0.4, -0.2) is 52.6 Å². The highest BCUT2D eigenvalue weighted by Gasteiger charge is 2.24. The zero-order valence-corrected chi connectivity index (χ0v) is 19.1. The van der Waals surface area contributed by atoms with Gasteiger partial charge in [0.2, 0.25) is 0 Å². The summed E-state index contributed by atoms with van der Waals surface area (Å²) >= 11 is 0. The number of aromatic amines is 1. The Labute approximate surface area is 201 Å². The number of hydrogen-bond donors (Lipinski definition) is 2. The SMILES string of the molecule is CCOC(=O)N(COC(=O)c1[nH]c2ccccc2c1Nc1ccncc1)CC(=O)c1ccccc1. The maximum absolute atomic E-state index is 13.1. The summed E-state index contributed by atoms with van der Waals surface area (Å²) in [6.07, 6.45) is 2.52. The van der Waals surface area contributed by atoms with Gasteiger partial charge in [-0.15, -0.1) is 0 Å². The number of ether oxygens (including phenoxy) is 2. The molecule has 2 heterocycles. The van der Waals surface area contributed by atoms with E-state index >= 15 is 0 Å². The monoisotopic (exact) mass is 472 g/mol. The van der Waals surface area contributed by atoms with E-state index in [0.29, 0.717) is 11.3 Å². The second kappa shape index (κ2) is 11.0. The summed E-state index contributed by atoms with van der Waals surface area (Å²) in [7, 11) is 0. The molecule has 178 valence electrons. The summed E-state index contributed by atoms with van der Waals surface area (Å²) < 4.78 is 10.5. The Morgan fingerprint density at radius 1 is 0.943 bits per heavy atom. The summed E-state index contributed by atoms with van der Waals surface area (Å²) in [4.78, 5) is 46.3. The number of amides is 1. The van der Waals surface area contributed by atoms with Crippen LogP contribution in [0.4, 0.5) is 16.2 Å². The molecular formula is C26H24N4O5. The van der Waals surface area contributed by atoms with E-state index in [4.69, 9.17) is 9.47 Å². The Bertz CT molecular complexity index is 1320. The lowest BCUT2D eigenvalue weighted by atomic mass is 10.1. The van der Waals surface area contributed by atoms with E-state index in [-0.39, 0.29) is 24.6 Å². The van der Waals surface area contributed by atoms with Crippen LogP contribution in [0, 0.1) is 0 Å². The van der Waals surface area contributed by atoms with Crippen LogP contribution in [0.3, 0.4) is 0 Å². The first kappa shape index (κ1) is 23.5. The summed E-state index contributed by atoms with van der Waals surface area (Å²) in [5.74, 6) is -1.00. The molecule has 0 radical (unpaired) electrons. The Hall–Kier alpha value is -4.66. The van der Waals surface area contributed by atoms with E-state index in [0.717, 1.165) is 21.5 Å². The maximum Gasteiger partial charge on any atom is 0.412 e. The number of nitrogens with zero attached hydrogens (tertiary/aromatic N) is 2. The third-order valence-electron chi connectivity index (χ3n) is 5.17. The molecule has 35 heavy (non-hydrogen) atoms. The number of aromatic nitrogens is 2. The van der Waals surface area contributed by atoms with Crippen LogP contribution in [0.2, 0.25) is 0 Å². The fraction of sp³-hybridized carbons (Fsp3) is 0.154. The first-order valence-corrected chi connectivity index (χ1v) is 11.0. The van der Waals surface area contributed by atoms with Gasteiger partial charge in [0.05, 0.1) is 18.8 Å². The number of para-hydroxylation sites is 1. The van der Waals surface area contributed by atoms with Crippen LogP contribution in [-0.2, 0) is 9.47 Å². The van der Waals surface area contributed by atoms with E-state index in [1.165, 1.54) is 0 Å². The molecule has 2 N–H and O–H groups in total. The van der Waals surface area contributed by atoms with Crippen molar-refractivity contribution >= 4 is 40.1 Å². The molecule has 0 spiro atoms. The number of esters is 1. The number of H-pyrrole nitrogens is 1. The van der Waals surface area contributed by atoms with Gasteiger partial charge in [0, 0.05) is 34.5 Å². The van der Waals surface area contributed by atoms with E-state index < -0.39 is 18.8 Å². The second-order valence-corrected chi connectivity index (χ2v) is 7.53. The predicted octanol–water partition coefficient (Wildman–Crippen LogP) is 4.76. The van der Waals surface area contributed by atoms with Crippen LogP contribution < -0.4 is 5.32 Å². The molecule has 9 nitrogen and oxygen atoms in total. The van der Waals surface area contributed by atoms with Gasteiger partial charge in [-0.2, -0.15) is 0 Å².